The molecule has 2 aromatic rings. The van der Waals surface area contributed by atoms with Crippen molar-refractivity contribution in [3.8, 4) is 0 Å². The summed E-state index contributed by atoms with van der Waals surface area (Å²) in [5.74, 6) is -2.17. The zero-order valence-electron chi connectivity index (χ0n) is 13.9. The Morgan fingerprint density at radius 2 is 1.52 bits per heavy atom. The average molecular weight is 364 g/mol. The lowest BCUT2D eigenvalue weighted by Gasteiger charge is -2.09. The molecular formula is C18H18F2N2O2S. The van der Waals surface area contributed by atoms with Crippen molar-refractivity contribution in [3.63, 3.8) is 0 Å². The van der Waals surface area contributed by atoms with Gasteiger partial charge < -0.3 is 10.6 Å². The summed E-state index contributed by atoms with van der Waals surface area (Å²) in [5.41, 5.74) is 2.71. The first-order valence-corrected chi connectivity index (χ1v) is 8.70. The molecule has 0 spiro atoms. The van der Waals surface area contributed by atoms with E-state index in [2.05, 4.69) is 10.6 Å². The molecule has 7 heteroatoms. The minimum absolute atomic E-state index is 0.0167. The minimum Gasteiger partial charge on any atom is -0.325 e. The maximum Gasteiger partial charge on any atom is 0.234 e. The summed E-state index contributed by atoms with van der Waals surface area (Å²) in [6.45, 7) is 3.87. The van der Waals surface area contributed by atoms with Gasteiger partial charge in [0.2, 0.25) is 11.8 Å². The number of amides is 2. The molecule has 2 aromatic carbocycles. The number of aryl methyl sites for hydroxylation is 2. The molecule has 0 fully saturated rings. The van der Waals surface area contributed by atoms with Gasteiger partial charge in [-0.15, -0.1) is 11.8 Å². The number of thioether (sulfide) groups is 1. The molecule has 4 nitrogen and oxygen atoms in total. The second kappa shape index (κ2) is 8.62. The lowest BCUT2D eigenvalue weighted by molar-refractivity contribution is -0.114. The Kier molecular flexibility index (Phi) is 6.52. The van der Waals surface area contributed by atoms with Crippen molar-refractivity contribution in [2.75, 3.05) is 22.1 Å². The molecule has 0 heterocycles. The lowest BCUT2D eigenvalue weighted by Crippen LogP contribution is -2.19. The predicted octanol–water partition coefficient (Wildman–Crippen LogP) is 3.89. The van der Waals surface area contributed by atoms with Crippen LogP contribution < -0.4 is 10.6 Å². The molecular weight excluding hydrogens is 346 g/mol. The molecule has 0 bridgehead atoms. The molecule has 0 aromatic heterocycles. The molecule has 0 aliphatic heterocycles. The molecule has 0 radical (unpaired) electrons. The van der Waals surface area contributed by atoms with Crippen molar-refractivity contribution in [2.45, 2.75) is 13.8 Å². The lowest BCUT2D eigenvalue weighted by atomic mass is 10.1. The zero-order chi connectivity index (χ0) is 18.4. The van der Waals surface area contributed by atoms with Crippen molar-refractivity contribution >= 4 is 35.0 Å². The van der Waals surface area contributed by atoms with E-state index in [4.69, 9.17) is 0 Å². The third kappa shape index (κ3) is 5.86. The predicted molar refractivity (Wildman–Crippen MR) is 96.9 cm³/mol. The number of benzene rings is 2. The summed E-state index contributed by atoms with van der Waals surface area (Å²) in [4.78, 5) is 23.7. The Morgan fingerprint density at radius 1 is 0.920 bits per heavy atom. The fourth-order valence-corrected chi connectivity index (χ4v) is 2.77. The maximum atomic E-state index is 13.4. The number of anilines is 2. The summed E-state index contributed by atoms with van der Waals surface area (Å²) >= 11 is 1.11. The molecule has 25 heavy (non-hydrogen) atoms. The number of hydrogen-bond acceptors (Lipinski definition) is 3. The van der Waals surface area contributed by atoms with Gasteiger partial charge in [-0.3, -0.25) is 9.59 Å². The first-order valence-electron chi connectivity index (χ1n) is 7.55. The van der Waals surface area contributed by atoms with Crippen LogP contribution in [0, 0.1) is 25.5 Å². The second-order valence-corrected chi connectivity index (χ2v) is 6.52. The standard InChI is InChI=1S/C18H18F2N2O2S/c1-11-3-5-15(12(2)7-11)21-17(23)9-25-10-18(24)22-16-6-4-13(19)8-14(16)20/h3-8H,9-10H2,1-2H3,(H,21,23)(H,22,24). The summed E-state index contributed by atoms with van der Waals surface area (Å²) < 4.78 is 26.2. The Morgan fingerprint density at radius 3 is 2.12 bits per heavy atom. The van der Waals surface area contributed by atoms with E-state index in [1.54, 1.807) is 0 Å². The monoisotopic (exact) mass is 364 g/mol. The molecule has 2 rings (SSSR count). The highest BCUT2D eigenvalue weighted by molar-refractivity contribution is 8.00. The second-order valence-electron chi connectivity index (χ2n) is 5.53. The Balaban J connectivity index is 1.77. The van der Waals surface area contributed by atoms with Gasteiger partial charge in [-0.2, -0.15) is 0 Å². The van der Waals surface area contributed by atoms with Gasteiger partial charge in [0.05, 0.1) is 17.2 Å². The van der Waals surface area contributed by atoms with Gasteiger partial charge in [0.1, 0.15) is 11.6 Å². The van der Waals surface area contributed by atoms with E-state index in [0.29, 0.717) is 6.07 Å². The van der Waals surface area contributed by atoms with Gasteiger partial charge in [-0.05, 0) is 37.6 Å². The Hall–Kier alpha value is -2.41. The van der Waals surface area contributed by atoms with Gasteiger partial charge in [0.25, 0.3) is 0 Å². The molecule has 132 valence electrons. The van der Waals surface area contributed by atoms with Gasteiger partial charge >= 0.3 is 0 Å². The van der Waals surface area contributed by atoms with Crippen LogP contribution in [-0.4, -0.2) is 23.3 Å². The van der Waals surface area contributed by atoms with E-state index in [9.17, 15) is 18.4 Å². The van der Waals surface area contributed by atoms with Gasteiger partial charge in [0.15, 0.2) is 0 Å². The molecule has 0 aliphatic rings. The van der Waals surface area contributed by atoms with Crippen molar-refractivity contribution in [2.24, 2.45) is 0 Å². The van der Waals surface area contributed by atoms with Gasteiger partial charge in [-0.1, -0.05) is 17.7 Å². The van der Waals surface area contributed by atoms with Crippen LogP contribution in [0.15, 0.2) is 36.4 Å². The van der Waals surface area contributed by atoms with Crippen molar-refractivity contribution in [1.29, 1.82) is 0 Å². The molecule has 0 aliphatic carbocycles. The highest BCUT2D eigenvalue weighted by Gasteiger charge is 2.10. The van der Waals surface area contributed by atoms with E-state index in [0.717, 1.165) is 40.7 Å². The quantitative estimate of drug-likeness (QED) is 0.818. The third-order valence-corrected chi connectivity index (χ3v) is 4.26. The van der Waals surface area contributed by atoms with E-state index < -0.39 is 17.5 Å². The SMILES string of the molecule is Cc1ccc(NC(=O)CSCC(=O)Nc2ccc(F)cc2F)c(C)c1. The van der Waals surface area contributed by atoms with Crippen LogP contribution in [0.2, 0.25) is 0 Å². The normalized spacial score (nSPS) is 10.4. The zero-order valence-corrected chi connectivity index (χ0v) is 14.7. The van der Waals surface area contributed by atoms with Crippen molar-refractivity contribution in [3.05, 3.63) is 59.2 Å². The van der Waals surface area contributed by atoms with Crippen LogP contribution >= 0.6 is 11.8 Å². The molecule has 0 saturated heterocycles. The van der Waals surface area contributed by atoms with Gasteiger partial charge in [-0.25, -0.2) is 8.78 Å². The van der Waals surface area contributed by atoms with Crippen LogP contribution in [-0.2, 0) is 9.59 Å². The first-order chi connectivity index (χ1) is 11.8. The van der Waals surface area contributed by atoms with E-state index in [-0.39, 0.29) is 23.1 Å². The molecule has 0 saturated carbocycles. The van der Waals surface area contributed by atoms with Crippen LogP contribution in [0.25, 0.3) is 0 Å². The molecule has 0 atom stereocenters. The Labute approximate surface area is 149 Å². The number of hydrogen-bond donors (Lipinski definition) is 2. The number of halogens is 2. The average Bonchev–Trinajstić information content (AvgIpc) is 2.53. The minimum atomic E-state index is -0.842. The van der Waals surface area contributed by atoms with Crippen LogP contribution in [0.5, 0.6) is 0 Å². The van der Waals surface area contributed by atoms with E-state index in [1.807, 2.05) is 32.0 Å². The van der Waals surface area contributed by atoms with Gasteiger partial charge in [0, 0.05) is 11.8 Å². The van der Waals surface area contributed by atoms with Crippen molar-refractivity contribution in [1.82, 2.24) is 0 Å². The third-order valence-electron chi connectivity index (χ3n) is 3.33. The smallest absolute Gasteiger partial charge is 0.234 e. The summed E-state index contributed by atoms with van der Waals surface area (Å²) in [6.07, 6.45) is 0. The van der Waals surface area contributed by atoms with E-state index >= 15 is 0 Å². The fraction of sp³-hybridized carbons (Fsp3) is 0.222. The largest absolute Gasteiger partial charge is 0.325 e. The number of nitrogens with one attached hydrogen (secondary N) is 2. The number of carbonyl (C=O) groups is 2. The topological polar surface area (TPSA) is 58.2 Å². The molecule has 0 unspecified atom stereocenters. The Bertz CT molecular complexity index is 731. The highest BCUT2D eigenvalue weighted by atomic mass is 32.2. The first kappa shape index (κ1) is 18.9. The number of carbonyl (C=O) groups excluding carboxylic acids is 2. The van der Waals surface area contributed by atoms with Crippen LogP contribution in [0.4, 0.5) is 20.2 Å². The van der Waals surface area contributed by atoms with Crippen LogP contribution in [0.1, 0.15) is 11.1 Å². The van der Waals surface area contributed by atoms with Crippen LogP contribution in [0.3, 0.4) is 0 Å². The molecule has 2 amide bonds. The fourth-order valence-electron chi connectivity index (χ4n) is 2.15. The summed E-state index contributed by atoms with van der Waals surface area (Å²) in [5, 5.41) is 5.13. The number of rotatable bonds is 6. The maximum absolute atomic E-state index is 13.4. The highest BCUT2D eigenvalue weighted by Crippen LogP contribution is 2.17. The van der Waals surface area contributed by atoms with Crippen molar-refractivity contribution < 1.29 is 18.4 Å². The summed E-state index contributed by atoms with van der Waals surface area (Å²) in [6, 6.07) is 8.61. The molecule has 2 N–H and O–H groups in total. The summed E-state index contributed by atoms with van der Waals surface area (Å²) in [7, 11) is 0. The van der Waals surface area contributed by atoms with E-state index in [1.165, 1.54) is 0 Å².